The maximum absolute atomic E-state index is 5.92. The number of ether oxygens (including phenoxy) is 1. The maximum atomic E-state index is 5.92. The van der Waals surface area contributed by atoms with Gasteiger partial charge < -0.3 is 10.1 Å². The monoisotopic (exact) mass is 283 g/mol. The quantitative estimate of drug-likeness (QED) is 0.861. The normalized spacial score (nSPS) is 21.5. The number of aryl methyl sites for hydroxylation is 2. The fraction of sp³-hybridized carbons (Fsp3) is 0.786. The minimum atomic E-state index is 0.318. The highest BCUT2D eigenvalue weighted by atomic mass is 32.2. The van der Waals surface area contributed by atoms with Crippen molar-refractivity contribution in [2.75, 3.05) is 24.7 Å². The number of nitrogens with one attached hydrogen (secondary N) is 1. The van der Waals surface area contributed by atoms with Crippen LogP contribution in [0.1, 0.15) is 25.2 Å². The minimum Gasteiger partial charge on any atom is -0.375 e. The molecule has 108 valence electrons. The van der Waals surface area contributed by atoms with E-state index in [9.17, 15) is 0 Å². The first-order valence-corrected chi connectivity index (χ1v) is 8.34. The second-order valence-electron chi connectivity index (χ2n) is 4.96. The van der Waals surface area contributed by atoms with E-state index in [-0.39, 0.29) is 0 Å². The number of likely N-dealkylation sites (N-methyl/N-ethyl adjacent to an activating group) is 1. The van der Waals surface area contributed by atoms with Gasteiger partial charge in [0.2, 0.25) is 0 Å². The molecule has 1 N–H and O–H groups in total. The van der Waals surface area contributed by atoms with Crippen molar-refractivity contribution >= 4 is 11.8 Å². The van der Waals surface area contributed by atoms with E-state index in [0.29, 0.717) is 12.1 Å². The highest BCUT2D eigenvalue weighted by molar-refractivity contribution is 7.99. The van der Waals surface area contributed by atoms with E-state index in [2.05, 4.69) is 30.3 Å². The van der Waals surface area contributed by atoms with Crippen molar-refractivity contribution in [2.45, 2.75) is 38.8 Å². The van der Waals surface area contributed by atoms with Crippen LogP contribution in [0, 0.1) is 0 Å². The Morgan fingerprint density at radius 2 is 2.42 bits per heavy atom. The van der Waals surface area contributed by atoms with Gasteiger partial charge in [-0.2, -0.15) is 16.9 Å². The third kappa shape index (κ3) is 3.97. The number of aromatic nitrogens is 2. The van der Waals surface area contributed by atoms with Crippen molar-refractivity contribution in [1.29, 1.82) is 0 Å². The van der Waals surface area contributed by atoms with E-state index < -0.39 is 0 Å². The molecular weight excluding hydrogens is 258 g/mol. The summed E-state index contributed by atoms with van der Waals surface area (Å²) in [5.74, 6) is 2.22. The number of hydrogen-bond acceptors (Lipinski definition) is 4. The lowest BCUT2D eigenvalue weighted by atomic mass is 10.1. The van der Waals surface area contributed by atoms with Crippen molar-refractivity contribution in [3.8, 4) is 0 Å². The van der Waals surface area contributed by atoms with Crippen LogP contribution in [0.15, 0.2) is 6.07 Å². The molecule has 1 aromatic rings. The molecule has 1 aromatic heterocycles. The second kappa shape index (κ2) is 7.31. The predicted octanol–water partition coefficient (Wildman–Crippen LogP) is 1.64. The maximum Gasteiger partial charge on any atom is 0.0822 e. The van der Waals surface area contributed by atoms with E-state index in [1.807, 2.05) is 23.5 Å². The topological polar surface area (TPSA) is 39.1 Å². The van der Waals surface area contributed by atoms with Crippen molar-refractivity contribution in [2.24, 2.45) is 7.05 Å². The summed E-state index contributed by atoms with van der Waals surface area (Å²) in [5.41, 5.74) is 2.47. The van der Waals surface area contributed by atoms with Crippen LogP contribution in [-0.4, -0.2) is 46.6 Å². The Balaban J connectivity index is 2.04. The highest BCUT2D eigenvalue weighted by Crippen LogP contribution is 2.18. The van der Waals surface area contributed by atoms with Gasteiger partial charge in [-0.05, 0) is 19.0 Å². The van der Waals surface area contributed by atoms with E-state index >= 15 is 0 Å². The summed E-state index contributed by atoms with van der Waals surface area (Å²) < 4.78 is 7.94. The second-order valence-corrected chi connectivity index (χ2v) is 6.11. The molecule has 0 aromatic carbocycles. The molecule has 0 aliphatic carbocycles. The van der Waals surface area contributed by atoms with E-state index in [1.165, 1.54) is 11.4 Å². The molecule has 0 saturated carbocycles. The summed E-state index contributed by atoms with van der Waals surface area (Å²) in [5, 5.41) is 8.11. The van der Waals surface area contributed by atoms with Gasteiger partial charge in [0.15, 0.2) is 0 Å². The summed E-state index contributed by atoms with van der Waals surface area (Å²) in [6.07, 6.45) is 2.30. The van der Waals surface area contributed by atoms with Crippen LogP contribution in [0.25, 0.3) is 0 Å². The fourth-order valence-electron chi connectivity index (χ4n) is 2.50. The molecular formula is C14H25N3OS. The number of nitrogens with zero attached hydrogens (tertiary/aromatic N) is 2. The van der Waals surface area contributed by atoms with Crippen LogP contribution in [-0.2, 0) is 24.6 Å². The predicted molar refractivity (Wildman–Crippen MR) is 80.8 cm³/mol. The molecule has 2 rings (SSSR count). The zero-order valence-corrected chi connectivity index (χ0v) is 13.0. The van der Waals surface area contributed by atoms with Gasteiger partial charge in [-0.25, -0.2) is 0 Å². The van der Waals surface area contributed by atoms with Gasteiger partial charge in [0.05, 0.1) is 18.4 Å². The van der Waals surface area contributed by atoms with Crippen molar-refractivity contribution in [1.82, 2.24) is 15.1 Å². The van der Waals surface area contributed by atoms with Crippen LogP contribution >= 0.6 is 11.8 Å². The van der Waals surface area contributed by atoms with Crippen LogP contribution in [0.3, 0.4) is 0 Å². The largest absolute Gasteiger partial charge is 0.375 e. The molecule has 1 aliphatic heterocycles. The Hall–Kier alpha value is -0.520. The lowest BCUT2D eigenvalue weighted by Crippen LogP contribution is -2.46. The smallest absolute Gasteiger partial charge is 0.0822 e. The minimum absolute atomic E-state index is 0.318. The standard InChI is InChI=1S/C14H25N3OS/c1-4-11-8-12(17(3)16-11)9-13(15-5-2)14-10-19-7-6-18-14/h8,13-15H,4-7,9-10H2,1-3H3. The number of thioether (sulfide) groups is 1. The van der Waals surface area contributed by atoms with Gasteiger partial charge in [-0.15, -0.1) is 0 Å². The van der Waals surface area contributed by atoms with E-state index in [1.54, 1.807) is 0 Å². The van der Waals surface area contributed by atoms with Gasteiger partial charge in [-0.3, -0.25) is 4.68 Å². The average molecular weight is 283 g/mol. The van der Waals surface area contributed by atoms with E-state index in [4.69, 9.17) is 4.74 Å². The molecule has 1 fully saturated rings. The van der Waals surface area contributed by atoms with Gasteiger partial charge in [-0.1, -0.05) is 13.8 Å². The SMILES string of the molecule is CCNC(Cc1cc(CC)nn1C)C1CSCCO1. The molecule has 0 radical (unpaired) electrons. The van der Waals surface area contributed by atoms with Gasteiger partial charge in [0.25, 0.3) is 0 Å². The molecule has 4 nitrogen and oxygen atoms in total. The summed E-state index contributed by atoms with van der Waals surface area (Å²) in [6, 6.07) is 2.61. The van der Waals surface area contributed by atoms with Crippen LogP contribution in [0.4, 0.5) is 0 Å². The van der Waals surface area contributed by atoms with Gasteiger partial charge >= 0.3 is 0 Å². The third-order valence-corrected chi connectivity index (χ3v) is 4.60. The number of hydrogen-bond donors (Lipinski definition) is 1. The molecule has 5 heteroatoms. The Morgan fingerprint density at radius 1 is 1.58 bits per heavy atom. The lowest BCUT2D eigenvalue weighted by Gasteiger charge is -2.30. The van der Waals surface area contributed by atoms with Gasteiger partial charge in [0.1, 0.15) is 0 Å². The van der Waals surface area contributed by atoms with Crippen molar-refractivity contribution in [3.63, 3.8) is 0 Å². The third-order valence-electron chi connectivity index (χ3n) is 3.58. The zero-order valence-electron chi connectivity index (χ0n) is 12.2. The highest BCUT2D eigenvalue weighted by Gasteiger charge is 2.25. The lowest BCUT2D eigenvalue weighted by molar-refractivity contribution is 0.0471. The Labute approximate surface area is 120 Å². The molecule has 1 saturated heterocycles. The summed E-state index contributed by atoms with van der Waals surface area (Å²) in [6.45, 7) is 6.16. The van der Waals surface area contributed by atoms with Crippen molar-refractivity contribution in [3.05, 3.63) is 17.5 Å². The summed E-state index contributed by atoms with van der Waals surface area (Å²) in [4.78, 5) is 0. The molecule has 0 spiro atoms. The zero-order chi connectivity index (χ0) is 13.7. The Bertz CT molecular complexity index is 388. The van der Waals surface area contributed by atoms with E-state index in [0.717, 1.165) is 37.5 Å². The number of rotatable bonds is 6. The first-order chi connectivity index (χ1) is 9.24. The summed E-state index contributed by atoms with van der Waals surface area (Å²) >= 11 is 1.99. The average Bonchev–Trinajstić information content (AvgIpc) is 2.80. The van der Waals surface area contributed by atoms with Gasteiger partial charge in [0, 0.05) is 36.7 Å². The Morgan fingerprint density at radius 3 is 3.00 bits per heavy atom. The van der Waals surface area contributed by atoms with Crippen LogP contribution in [0.5, 0.6) is 0 Å². The fourth-order valence-corrected chi connectivity index (χ4v) is 3.44. The van der Waals surface area contributed by atoms with Crippen molar-refractivity contribution < 1.29 is 4.74 Å². The molecule has 0 amide bonds. The van der Waals surface area contributed by atoms with Crippen LogP contribution in [0.2, 0.25) is 0 Å². The van der Waals surface area contributed by atoms with Crippen LogP contribution < -0.4 is 5.32 Å². The molecule has 19 heavy (non-hydrogen) atoms. The molecule has 1 aliphatic rings. The molecule has 2 unspecified atom stereocenters. The first-order valence-electron chi connectivity index (χ1n) is 7.19. The molecule has 2 heterocycles. The Kier molecular flexibility index (Phi) is 5.73. The summed E-state index contributed by atoms with van der Waals surface area (Å²) in [7, 11) is 2.04. The first kappa shape index (κ1) is 14.9. The molecule has 0 bridgehead atoms. The molecule has 2 atom stereocenters.